The van der Waals surface area contributed by atoms with Gasteiger partial charge in [-0.3, -0.25) is 24.0 Å². The van der Waals surface area contributed by atoms with E-state index >= 15 is 0 Å². The standard InChI is InChI=1S/C33H31NO12/c1-16-28(25-13-10-21-8-6-7-9-24(21)34-25)29(39)23-12-11-22(14-26(23)41-16)45-33-32(44-20(5)38)31(43-19(4)37)30(42-18(3)36)27(46-33)15-40-17(2)35/h6-14,27,30-33H,15H2,1-5H3/t27-,30-,31?,32?,33?/m0/s1. The van der Waals surface area contributed by atoms with Crippen LogP contribution in [0.1, 0.15) is 33.5 Å². The molecule has 46 heavy (non-hydrogen) atoms. The molecular weight excluding hydrogens is 602 g/mol. The summed E-state index contributed by atoms with van der Waals surface area (Å²) >= 11 is 0. The third kappa shape index (κ3) is 6.99. The first-order valence-electron chi connectivity index (χ1n) is 14.3. The molecule has 5 rings (SSSR count). The van der Waals surface area contributed by atoms with Crippen molar-refractivity contribution in [2.24, 2.45) is 0 Å². The van der Waals surface area contributed by atoms with Crippen LogP contribution in [0.3, 0.4) is 0 Å². The lowest BCUT2D eigenvalue weighted by atomic mass is 9.98. The van der Waals surface area contributed by atoms with Gasteiger partial charge in [0.2, 0.25) is 17.8 Å². The lowest BCUT2D eigenvalue weighted by molar-refractivity contribution is -0.288. The van der Waals surface area contributed by atoms with E-state index in [9.17, 15) is 24.0 Å². The number of hydrogen-bond acceptors (Lipinski definition) is 13. The molecule has 1 fully saturated rings. The van der Waals surface area contributed by atoms with Crippen molar-refractivity contribution in [2.45, 2.75) is 65.3 Å². The molecule has 2 aromatic heterocycles. The average molecular weight is 634 g/mol. The number of hydrogen-bond donors (Lipinski definition) is 0. The van der Waals surface area contributed by atoms with Crippen molar-refractivity contribution in [1.82, 2.24) is 4.98 Å². The van der Waals surface area contributed by atoms with E-state index in [1.807, 2.05) is 30.3 Å². The Hall–Kier alpha value is -5.30. The predicted octanol–water partition coefficient (Wildman–Crippen LogP) is 3.78. The van der Waals surface area contributed by atoms with Gasteiger partial charge in [-0.1, -0.05) is 24.3 Å². The summed E-state index contributed by atoms with van der Waals surface area (Å²) in [6.07, 6.45) is -6.80. The molecule has 0 aliphatic carbocycles. The van der Waals surface area contributed by atoms with E-state index in [2.05, 4.69) is 4.98 Å². The summed E-state index contributed by atoms with van der Waals surface area (Å²) in [5.41, 5.74) is 1.39. The Kier molecular flexibility index (Phi) is 9.33. The van der Waals surface area contributed by atoms with Crippen LogP contribution in [0.4, 0.5) is 0 Å². The second-order valence-corrected chi connectivity index (χ2v) is 10.6. The van der Waals surface area contributed by atoms with Gasteiger partial charge in [-0.05, 0) is 31.2 Å². The van der Waals surface area contributed by atoms with Gasteiger partial charge in [0, 0.05) is 39.1 Å². The van der Waals surface area contributed by atoms with Crippen molar-refractivity contribution in [3.63, 3.8) is 0 Å². The summed E-state index contributed by atoms with van der Waals surface area (Å²) in [6.45, 7) is 5.80. The molecule has 5 atom stereocenters. The molecule has 0 spiro atoms. The topological polar surface area (TPSA) is 167 Å². The van der Waals surface area contributed by atoms with Crippen molar-refractivity contribution in [1.29, 1.82) is 0 Å². The van der Waals surface area contributed by atoms with Crippen molar-refractivity contribution >= 4 is 45.7 Å². The first kappa shape index (κ1) is 32.1. The zero-order chi connectivity index (χ0) is 33.1. The second-order valence-electron chi connectivity index (χ2n) is 10.6. The lowest BCUT2D eigenvalue weighted by Crippen LogP contribution is -2.63. The normalized spacial score (nSPS) is 20.9. The van der Waals surface area contributed by atoms with Gasteiger partial charge in [0.25, 0.3) is 0 Å². The molecule has 0 N–H and O–H groups in total. The number of benzene rings is 2. The summed E-state index contributed by atoms with van der Waals surface area (Å²) < 4.78 is 39.5. The molecule has 13 heteroatoms. The summed E-state index contributed by atoms with van der Waals surface area (Å²) in [7, 11) is 0. The molecule has 13 nitrogen and oxygen atoms in total. The molecule has 1 aliphatic rings. The largest absolute Gasteiger partial charge is 0.463 e. The SMILES string of the molecule is CC(=O)OC[C@@H]1OC(Oc2ccc3c(=O)c(-c4ccc5ccccc5n4)c(C)oc3c2)C(OC(C)=O)C(OC(C)=O)[C@H]1OC(C)=O. The molecule has 240 valence electrons. The molecule has 0 bridgehead atoms. The number of para-hydroxylation sites is 1. The van der Waals surface area contributed by atoms with Gasteiger partial charge in [-0.2, -0.15) is 0 Å². The number of fused-ring (bicyclic) bond motifs is 2. The quantitative estimate of drug-likeness (QED) is 0.203. The highest BCUT2D eigenvalue weighted by Crippen LogP contribution is 2.32. The van der Waals surface area contributed by atoms with Crippen LogP contribution in [-0.4, -0.2) is 66.2 Å². The van der Waals surface area contributed by atoms with Gasteiger partial charge in [0.15, 0.2) is 12.2 Å². The molecule has 0 saturated carbocycles. The van der Waals surface area contributed by atoms with E-state index in [-0.39, 0.29) is 22.1 Å². The maximum Gasteiger partial charge on any atom is 0.303 e. The Bertz CT molecular complexity index is 1880. The third-order valence-electron chi connectivity index (χ3n) is 7.09. The Balaban J connectivity index is 1.51. The summed E-state index contributed by atoms with van der Waals surface area (Å²) in [6, 6.07) is 15.6. The van der Waals surface area contributed by atoms with Crippen LogP contribution < -0.4 is 10.2 Å². The average Bonchev–Trinajstić information content (AvgIpc) is 2.98. The number of esters is 4. The molecular formula is C33H31NO12. The zero-order valence-corrected chi connectivity index (χ0v) is 25.6. The predicted molar refractivity (Wildman–Crippen MR) is 161 cm³/mol. The highest BCUT2D eigenvalue weighted by atomic mass is 16.7. The maximum absolute atomic E-state index is 13.6. The third-order valence-corrected chi connectivity index (χ3v) is 7.09. The molecule has 3 heterocycles. The smallest absolute Gasteiger partial charge is 0.303 e. The zero-order valence-electron chi connectivity index (χ0n) is 25.6. The summed E-state index contributed by atoms with van der Waals surface area (Å²) in [4.78, 5) is 66.1. The number of pyridine rings is 1. The van der Waals surface area contributed by atoms with Gasteiger partial charge < -0.3 is 32.8 Å². The minimum absolute atomic E-state index is 0.132. The molecule has 3 unspecified atom stereocenters. The Morgan fingerprint density at radius 1 is 0.804 bits per heavy atom. The van der Waals surface area contributed by atoms with E-state index in [0.717, 1.165) is 31.7 Å². The maximum atomic E-state index is 13.6. The molecule has 0 radical (unpaired) electrons. The number of aromatic nitrogens is 1. The fourth-order valence-electron chi connectivity index (χ4n) is 5.28. The van der Waals surface area contributed by atoms with Gasteiger partial charge >= 0.3 is 23.9 Å². The Morgan fingerprint density at radius 2 is 1.48 bits per heavy atom. The number of carbonyl (C=O) groups excluding carboxylic acids is 4. The van der Waals surface area contributed by atoms with Gasteiger partial charge in [0.1, 0.15) is 29.8 Å². The minimum Gasteiger partial charge on any atom is -0.463 e. The van der Waals surface area contributed by atoms with Gasteiger partial charge in [0.05, 0.1) is 22.2 Å². The van der Waals surface area contributed by atoms with E-state index in [0.29, 0.717) is 17.0 Å². The fraction of sp³-hybridized carbons (Fsp3) is 0.333. The number of rotatable bonds is 8. The molecule has 0 amide bonds. The van der Waals surface area contributed by atoms with E-state index < -0.39 is 61.2 Å². The monoisotopic (exact) mass is 633 g/mol. The number of aryl methyl sites for hydroxylation is 1. The van der Waals surface area contributed by atoms with Crippen LogP contribution in [0.25, 0.3) is 33.1 Å². The Morgan fingerprint density at radius 3 is 2.17 bits per heavy atom. The lowest BCUT2D eigenvalue weighted by Gasteiger charge is -2.43. The van der Waals surface area contributed by atoms with Crippen LogP contribution in [0.2, 0.25) is 0 Å². The van der Waals surface area contributed by atoms with Crippen LogP contribution in [0.15, 0.2) is 63.8 Å². The number of carbonyl (C=O) groups is 4. The van der Waals surface area contributed by atoms with E-state index in [1.165, 1.54) is 25.1 Å². The number of ether oxygens (including phenoxy) is 6. The van der Waals surface area contributed by atoms with Crippen molar-refractivity contribution in [3.8, 4) is 17.0 Å². The molecule has 1 saturated heterocycles. The summed E-state index contributed by atoms with van der Waals surface area (Å²) in [5.74, 6) is -2.48. The van der Waals surface area contributed by atoms with Gasteiger partial charge in [-0.15, -0.1) is 0 Å². The van der Waals surface area contributed by atoms with Crippen LogP contribution >= 0.6 is 0 Å². The minimum atomic E-state index is -1.45. The highest BCUT2D eigenvalue weighted by Gasteiger charge is 2.53. The second kappa shape index (κ2) is 13.4. The molecule has 4 aromatic rings. The van der Waals surface area contributed by atoms with Gasteiger partial charge in [-0.25, -0.2) is 4.98 Å². The fourth-order valence-corrected chi connectivity index (χ4v) is 5.28. The van der Waals surface area contributed by atoms with Crippen LogP contribution in [0.5, 0.6) is 5.75 Å². The van der Waals surface area contributed by atoms with Crippen molar-refractivity contribution in [3.05, 3.63) is 70.6 Å². The van der Waals surface area contributed by atoms with Crippen LogP contribution in [0, 0.1) is 6.92 Å². The highest BCUT2D eigenvalue weighted by molar-refractivity contribution is 5.86. The van der Waals surface area contributed by atoms with E-state index in [1.54, 1.807) is 13.0 Å². The van der Waals surface area contributed by atoms with Crippen molar-refractivity contribution in [2.75, 3.05) is 6.61 Å². The Labute approximate surface area is 262 Å². The molecule has 1 aliphatic heterocycles. The first-order valence-corrected chi connectivity index (χ1v) is 14.3. The van der Waals surface area contributed by atoms with E-state index in [4.69, 9.17) is 32.8 Å². The summed E-state index contributed by atoms with van der Waals surface area (Å²) in [5, 5.41) is 1.18. The van der Waals surface area contributed by atoms with Crippen molar-refractivity contribution < 1.29 is 52.0 Å². The first-order chi connectivity index (χ1) is 21.9. The molecule has 2 aromatic carbocycles. The van der Waals surface area contributed by atoms with Crippen LogP contribution in [-0.2, 0) is 42.9 Å². The number of nitrogens with zero attached hydrogens (tertiary/aromatic N) is 1.